The molecular weight excluding hydrogens is 453 g/mol. The lowest BCUT2D eigenvalue weighted by molar-refractivity contribution is -0.148. The SMILES string of the molecule is COCCc1nc2c(c(C(F)(F)F)n1)CCN(C(=O)C[C@@H](N)CN1CC(F)(F)CCC1=O)C2. The van der Waals surface area contributed by atoms with Crippen LogP contribution in [-0.2, 0) is 39.9 Å². The lowest BCUT2D eigenvalue weighted by Gasteiger charge is -2.34. The van der Waals surface area contributed by atoms with Crippen molar-refractivity contribution in [2.45, 2.75) is 56.8 Å². The molecule has 8 nitrogen and oxygen atoms in total. The molecule has 1 saturated heterocycles. The first-order valence-electron chi connectivity index (χ1n) is 10.5. The lowest BCUT2D eigenvalue weighted by Crippen LogP contribution is -2.51. The van der Waals surface area contributed by atoms with E-state index in [9.17, 15) is 31.5 Å². The number of alkyl halides is 5. The largest absolute Gasteiger partial charge is 0.433 e. The molecule has 33 heavy (non-hydrogen) atoms. The standard InChI is InChI=1S/C20H26F5N5O3/c1-33-7-4-15-27-14-10-29(6-3-13(14)18(28-15)20(23,24)25)17(32)8-12(26)9-30-11-19(21,22)5-2-16(30)31/h12H,2-11,26H2,1H3/t12-/m1/s1. The fourth-order valence-electron chi connectivity index (χ4n) is 4.00. The summed E-state index contributed by atoms with van der Waals surface area (Å²) in [5.41, 5.74) is 5.01. The van der Waals surface area contributed by atoms with Gasteiger partial charge in [-0.05, 0) is 6.42 Å². The van der Waals surface area contributed by atoms with Crippen LogP contribution >= 0.6 is 0 Å². The van der Waals surface area contributed by atoms with Gasteiger partial charge >= 0.3 is 6.18 Å². The van der Waals surface area contributed by atoms with E-state index in [-0.39, 0.29) is 69.0 Å². The monoisotopic (exact) mass is 479 g/mol. The summed E-state index contributed by atoms with van der Waals surface area (Å²) in [7, 11) is 1.41. The van der Waals surface area contributed by atoms with E-state index < -0.39 is 48.6 Å². The van der Waals surface area contributed by atoms with E-state index >= 15 is 0 Å². The number of aromatic nitrogens is 2. The molecule has 0 bridgehead atoms. The van der Waals surface area contributed by atoms with Crippen molar-refractivity contribution in [2.75, 3.05) is 33.4 Å². The molecule has 1 aromatic heterocycles. The van der Waals surface area contributed by atoms with E-state index in [1.54, 1.807) is 0 Å². The Labute approximate surface area is 187 Å². The number of halogens is 5. The third-order valence-corrected chi connectivity index (χ3v) is 5.63. The predicted octanol–water partition coefficient (Wildman–Crippen LogP) is 1.54. The van der Waals surface area contributed by atoms with E-state index in [1.165, 1.54) is 12.0 Å². The van der Waals surface area contributed by atoms with Gasteiger partial charge in [0.1, 0.15) is 5.82 Å². The van der Waals surface area contributed by atoms with Gasteiger partial charge in [0.15, 0.2) is 5.69 Å². The molecule has 2 amide bonds. The van der Waals surface area contributed by atoms with Crippen molar-refractivity contribution in [3.8, 4) is 0 Å². The summed E-state index contributed by atoms with van der Waals surface area (Å²) in [5, 5.41) is 0. The van der Waals surface area contributed by atoms with Crippen LogP contribution in [0.25, 0.3) is 0 Å². The Bertz CT molecular complexity index is 896. The molecule has 0 unspecified atom stereocenters. The first-order chi connectivity index (χ1) is 15.4. The van der Waals surface area contributed by atoms with Crippen LogP contribution in [0, 0.1) is 0 Å². The molecule has 0 radical (unpaired) electrons. The van der Waals surface area contributed by atoms with Gasteiger partial charge in [0, 0.05) is 57.5 Å². The Hall–Kier alpha value is -2.41. The summed E-state index contributed by atoms with van der Waals surface area (Å²) >= 11 is 0. The first kappa shape index (κ1) is 25.2. The summed E-state index contributed by atoms with van der Waals surface area (Å²) in [6.07, 6.45) is -5.70. The van der Waals surface area contributed by atoms with Gasteiger partial charge < -0.3 is 20.3 Å². The third kappa shape index (κ3) is 6.34. The zero-order valence-electron chi connectivity index (χ0n) is 18.1. The van der Waals surface area contributed by atoms with Gasteiger partial charge in [-0.2, -0.15) is 13.2 Å². The molecule has 2 N–H and O–H groups in total. The number of nitrogens with two attached hydrogens (primary N) is 1. The number of likely N-dealkylation sites (tertiary alicyclic amines) is 1. The highest BCUT2D eigenvalue weighted by atomic mass is 19.4. The van der Waals surface area contributed by atoms with E-state index in [1.807, 2.05) is 0 Å². The highest BCUT2D eigenvalue weighted by Gasteiger charge is 2.41. The molecular formula is C20H26F5N5O3. The lowest BCUT2D eigenvalue weighted by atomic mass is 10.0. The summed E-state index contributed by atoms with van der Waals surface area (Å²) in [6, 6.07) is -0.884. The van der Waals surface area contributed by atoms with Crippen molar-refractivity contribution in [1.29, 1.82) is 0 Å². The number of nitrogens with zero attached hydrogens (tertiary/aromatic N) is 4. The summed E-state index contributed by atoms with van der Waals surface area (Å²) in [4.78, 5) is 34.8. The minimum Gasteiger partial charge on any atom is -0.384 e. The normalized spacial score (nSPS) is 19.4. The van der Waals surface area contributed by atoms with E-state index in [4.69, 9.17) is 10.5 Å². The molecule has 1 fully saturated rings. The quantitative estimate of drug-likeness (QED) is 0.596. The molecule has 0 aromatic carbocycles. The van der Waals surface area contributed by atoms with Crippen LogP contribution in [0.1, 0.15) is 42.0 Å². The van der Waals surface area contributed by atoms with E-state index in [2.05, 4.69) is 9.97 Å². The summed E-state index contributed by atoms with van der Waals surface area (Å²) in [5.74, 6) is -3.92. The van der Waals surface area contributed by atoms with Gasteiger partial charge in [-0.3, -0.25) is 9.59 Å². The molecule has 0 spiro atoms. The van der Waals surface area contributed by atoms with Crippen molar-refractivity contribution in [3.63, 3.8) is 0 Å². The second-order valence-corrected chi connectivity index (χ2v) is 8.31. The van der Waals surface area contributed by atoms with Crippen LogP contribution < -0.4 is 5.73 Å². The number of ether oxygens (including phenoxy) is 1. The van der Waals surface area contributed by atoms with Crippen LogP contribution in [0.5, 0.6) is 0 Å². The molecule has 2 aliphatic heterocycles. The number of carbonyl (C=O) groups is 2. The third-order valence-electron chi connectivity index (χ3n) is 5.63. The van der Waals surface area contributed by atoms with Crippen molar-refractivity contribution < 1.29 is 36.3 Å². The number of fused-ring (bicyclic) bond motifs is 1. The topological polar surface area (TPSA) is 102 Å². The predicted molar refractivity (Wildman–Crippen MR) is 105 cm³/mol. The summed E-state index contributed by atoms with van der Waals surface area (Å²) < 4.78 is 72.6. The van der Waals surface area contributed by atoms with Gasteiger partial charge in [-0.25, -0.2) is 18.7 Å². The Morgan fingerprint density at radius 1 is 1.27 bits per heavy atom. The minimum atomic E-state index is -4.66. The van der Waals surface area contributed by atoms with Crippen molar-refractivity contribution >= 4 is 11.8 Å². The maximum Gasteiger partial charge on any atom is 0.433 e. The van der Waals surface area contributed by atoms with Crippen LogP contribution in [0.15, 0.2) is 0 Å². The number of hydrogen-bond donors (Lipinski definition) is 1. The maximum absolute atomic E-state index is 13.6. The highest BCUT2D eigenvalue weighted by molar-refractivity contribution is 5.78. The highest BCUT2D eigenvalue weighted by Crippen LogP contribution is 2.34. The molecule has 3 rings (SSSR count). The number of methoxy groups -OCH3 is 1. The Morgan fingerprint density at radius 2 is 2.00 bits per heavy atom. The fraction of sp³-hybridized carbons (Fsp3) is 0.700. The van der Waals surface area contributed by atoms with Gasteiger partial charge in [0.05, 0.1) is 25.4 Å². The van der Waals surface area contributed by atoms with Crippen LogP contribution in [-0.4, -0.2) is 76.9 Å². The number of amides is 2. The molecule has 0 saturated carbocycles. The van der Waals surface area contributed by atoms with Crippen molar-refractivity contribution in [1.82, 2.24) is 19.8 Å². The second kappa shape index (κ2) is 9.84. The van der Waals surface area contributed by atoms with Gasteiger partial charge in [0.2, 0.25) is 11.8 Å². The molecule has 13 heteroatoms. The van der Waals surface area contributed by atoms with E-state index in [0.717, 1.165) is 4.90 Å². The zero-order chi connectivity index (χ0) is 24.4. The molecule has 1 aromatic rings. The number of rotatable bonds is 7. The van der Waals surface area contributed by atoms with Crippen LogP contribution in [0.4, 0.5) is 22.0 Å². The number of hydrogen-bond acceptors (Lipinski definition) is 6. The van der Waals surface area contributed by atoms with Crippen molar-refractivity contribution in [3.05, 3.63) is 22.8 Å². The average molecular weight is 479 g/mol. The number of carbonyl (C=O) groups excluding carboxylic acids is 2. The van der Waals surface area contributed by atoms with E-state index in [0.29, 0.717) is 0 Å². The van der Waals surface area contributed by atoms with Gasteiger partial charge in [-0.15, -0.1) is 0 Å². The smallest absolute Gasteiger partial charge is 0.384 e. The molecule has 184 valence electrons. The minimum absolute atomic E-state index is 0.0170. The summed E-state index contributed by atoms with van der Waals surface area (Å²) in [6.45, 7) is -0.934. The zero-order valence-corrected chi connectivity index (χ0v) is 18.1. The molecule has 1 atom stereocenters. The van der Waals surface area contributed by atoms with Crippen molar-refractivity contribution in [2.24, 2.45) is 5.73 Å². The number of piperidine rings is 1. The average Bonchev–Trinajstić information content (AvgIpc) is 2.72. The Kier molecular flexibility index (Phi) is 7.52. The molecule has 2 aliphatic rings. The van der Waals surface area contributed by atoms with Crippen LogP contribution in [0.3, 0.4) is 0 Å². The van der Waals surface area contributed by atoms with Crippen LogP contribution in [0.2, 0.25) is 0 Å². The molecule has 0 aliphatic carbocycles. The van der Waals surface area contributed by atoms with Gasteiger partial charge in [0.25, 0.3) is 5.92 Å². The van der Waals surface area contributed by atoms with Gasteiger partial charge in [-0.1, -0.05) is 0 Å². The fourth-order valence-corrected chi connectivity index (χ4v) is 4.00. The second-order valence-electron chi connectivity index (χ2n) is 8.31. The first-order valence-corrected chi connectivity index (χ1v) is 10.5. The Morgan fingerprint density at radius 3 is 2.67 bits per heavy atom. The molecule has 3 heterocycles. The maximum atomic E-state index is 13.6. The Balaban J connectivity index is 1.68.